The number of anilines is 2. The lowest BCUT2D eigenvalue weighted by molar-refractivity contribution is 0.476. The molecule has 0 unspecified atom stereocenters. The van der Waals surface area contributed by atoms with Gasteiger partial charge in [-0.3, -0.25) is 5.10 Å². The fourth-order valence-corrected chi connectivity index (χ4v) is 1.12. The minimum absolute atomic E-state index is 0.0342. The molecule has 0 aliphatic carbocycles. The van der Waals surface area contributed by atoms with Gasteiger partial charge in [0.2, 0.25) is 0 Å². The summed E-state index contributed by atoms with van der Waals surface area (Å²) in [5.41, 5.74) is 11.6. The molecule has 82 valence electrons. The van der Waals surface area contributed by atoms with Crippen molar-refractivity contribution in [1.29, 1.82) is 0 Å². The molecular weight excluding hydrogens is 208 g/mol. The fraction of sp³-hybridized carbons (Fsp3) is 0. The van der Waals surface area contributed by atoms with Crippen molar-refractivity contribution in [2.45, 2.75) is 0 Å². The van der Waals surface area contributed by atoms with Gasteiger partial charge in [0.1, 0.15) is 17.3 Å². The summed E-state index contributed by atoms with van der Waals surface area (Å²) >= 11 is 0. The highest BCUT2D eigenvalue weighted by Crippen LogP contribution is 2.31. The van der Waals surface area contributed by atoms with Gasteiger partial charge < -0.3 is 16.6 Å². The molecule has 0 aliphatic heterocycles. The predicted octanol–water partition coefficient (Wildman–Crippen LogP) is 1.70. The summed E-state index contributed by atoms with van der Waals surface area (Å²) in [4.78, 5) is 0. The van der Waals surface area contributed by atoms with Crippen molar-refractivity contribution >= 4 is 23.0 Å². The number of H-pyrrole nitrogens is 1. The van der Waals surface area contributed by atoms with E-state index in [1.807, 2.05) is 0 Å². The number of nitrogens with zero attached hydrogens (tertiary/aromatic N) is 3. The van der Waals surface area contributed by atoms with Crippen LogP contribution in [0.15, 0.2) is 34.5 Å². The van der Waals surface area contributed by atoms with Crippen molar-refractivity contribution in [3.05, 3.63) is 24.3 Å². The Bertz CT molecular complexity index is 513. The van der Waals surface area contributed by atoms with Crippen LogP contribution in [-0.4, -0.2) is 15.3 Å². The molecule has 7 nitrogen and oxygen atoms in total. The number of rotatable bonds is 2. The van der Waals surface area contributed by atoms with Crippen LogP contribution in [0.3, 0.4) is 0 Å². The molecule has 0 amide bonds. The number of nitrogens with one attached hydrogen (secondary N) is 1. The number of azo groups is 1. The van der Waals surface area contributed by atoms with Gasteiger partial charge in [-0.05, 0) is 12.1 Å². The molecule has 1 aromatic heterocycles. The Morgan fingerprint density at radius 3 is 2.56 bits per heavy atom. The van der Waals surface area contributed by atoms with Gasteiger partial charge in [-0.15, -0.1) is 10.2 Å². The van der Waals surface area contributed by atoms with Crippen LogP contribution in [0.1, 0.15) is 0 Å². The van der Waals surface area contributed by atoms with E-state index in [-0.39, 0.29) is 23.1 Å². The Balaban J connectivity index is 2.32. The molecule has 6 N–H and O–H groups in total. The summed E-state index contributed by atoms with van der Waals surface area (Å²) in [6, 6.07) is 6.55. The first-order valence-corrected chi connectivity index (χ1v) is 4.47. The Morgan fingerprint density at radius 2 is 1.94 bits per heavy atom. The van der Waals surface area contributed by atoms with Gasteiger partial charge in [0.15, 0.2) is 11.5 Å². The molecule has 0 atom stereocenters. The molecule has 0 radical (unpaired) electrons. The van der Waals surface area contributed by atoms with Gasteiger partial charge in [0.25, 0.3) is 0 Å². The first-order chi connectivity index (χ1) is 7.68. The second-order valence-electron chi connectivity index (χ2n) is 3.06. The van der Waals surface area contributed by atoms with Gasteiger partial charge >= 0.3 is 0 Å². The van der Waals surface area contributed by atoms with Gasteiger partial charge in [-0.2, -0.15) is 5.10 Å². The van der Waals surface area contributed by atoms with Gasteiger partial charge in [-0.25, -0.2) is 0 Å². The van der Waals surface area contributed by atoms with Crippen LogP contribution in [0.4, 0.5) is 23.0 Å². The van der Waals surface area contributed by atoms with E-state index in [9.17, 15) is 5.11 Å². The number of hydrogen-bond acceptors (Lipinski definition) is 6. The molecule has 1 heterocycles. The van der Waals surface area contributed by atoms with Crippen LogP contribution in [0.2, 0.25) is 0 Å². The number of phenolic OH excluding ortho intramolecular Hbond substituents is 1. The molecule has 1 aromatic carbocycles. The molecule has 0 aliphatic rings. The number of para-hydroxylation sites is 1. The molecule has 0 saturated heterocycles. The van der Waals surface area contributed by atoms with Crippen molar-refractivity contribution in [1.82, 2.24) is 10.2 Å². The highest BCUT2D eigenvalue weighted by atomic mass is 16.3. The summed E-state index contributed by atoms with van der Waals surface area (Å²) in [5, 5.41) is 23.2. The largest absolute Gasteiger partial charge is 0.506 e. The predicted molar refractivity (Wildman–Crippen MR) is 59.7 cm³/mol. The zero-order valence-corrected chi connectivity index (χ0v) is 8.25. The average Bonchev–Trinajstić information content (AvgIpc) is 2.58. The Kier molecular flexibility index (Phi) is 2.42. The van der Waals surface area contributed by atoms with E-state index in [1.165, 1.54) is 6.07 Å². The van der Waals surface area contributed by atoms with E-state index < -0.39 is 0 Å². The van der Waals surface area contributed by atoms with Crippen LogP contribution >= 0.6 is 0 Å². The van der Waals surface area contributed by atoms with Crippen molar-refractivity contribution in [3.8, 4) is 5.75 Å². The molecule has 16 heavy (non-hydrogen) atoms. The standard InChI is InChI=1S/C9H10N6O/c10-8-7(9(11)15-14-8)13-12-5-3-1-2-4-6(5)16/h1-4,16H,(H5,10,11,14,15). The van der Waals surface area contributed by atoms with Gasteiger partial charge in [0, 0.05) is 0 Å². The molecule has 0 spiro atoms. The number of phenols is 1. The van der Waals surface area contributed by atoms with Gasteiger partial charge in [-0.1, -0.05) is 12.1 Å². The Labute approximate surface area is 90.8 Å². The third-order valence-corrected chi connectivity index (χ3v) is 1.93. The average molecular weight is 218 g/mol. The van der Waals surface area contributed by atoms with E-state index in [2.05, 4.69) is 20.4 Å². The topological polar surface area (TPSA) is 126 Å². The number of nitrogens with two attached hydrogens (primary N) is 2. The maximum atomic E-state index is 9.44. The van der Waals surface area contributed by atoms with Crippen LogP contribution in [-0.2, 0) is 0 Å². The molecule has 2 aromatic rings. The number of aromatic hydroxyl groups is 1. The van der Waals surface area contributed by atoms with Crippen LogP contribution in [0, 0.1) is 0 Å². The maximum absolute atomic E-state index is 9.44. The number of aromatic amines is 1. The minimum atomic E-state index is 0.0342. The number of hydrogen-bond donors (Lipinski definition) is 4. The molecule has 2 rings (SSSR count). The maximum Gasteiger partial charge on any atom is 0.175 e. The first-order valence-electron chi connectivity index (χ1n) is 4.47. The highest BCUT2D eigenvalue weighted by Gasteiger charge is 2.06. The molecule has 0 saturated carbocycles. The van der Waals surface area contributed by atoms with E-state index >= 15 is 0 Å². The highest BCUT2D eigenvalue weighted by molar-refractivity contribution is 5.70. The summed E-state index contributed by atoms with van der Waals surface area (Å²) in [7, 11) is 0. The minimum Gasteiger partial charge on any atom is -0.506 e. The Morgan fingerprint density at radius 1 is 1.19 bits per heavy atom. The third-order valence-electron chi connectivity index (χ3n) is 1.93. The normalized spacial score (nSPS) is 11.0. The summed E-state index contributed by atoms with van der Waals surface area (Å²) in [5.74, 6) is 0.431. The van der Waals surface area contributed by atoms with Crippen molar-refractivity contribution < 1.29 is 5.11 Å². The van der Waals surface area contributed by atoms with Crippen molar-refractivity contribution in [3.63, 3.8) is 0 Å². The number of nitrogen functional groups attached to an aromatic ring is 2. The quantitative estimate of drug-likeness (QED) is 0.572. The van der Waals surface area contributed by atoms with E-state index in [4.69, 9.17) is 11.5 Å². The molecule has 7 heteroatoms. The van der Waals surface area contributed by atoms with E-state index in [0.29, 0.717) is 5.69 Å². The van der Waals surface area contributed by atoms with E-state index in [1.54, 1.807) is 18.2 Å². The lowest BCUT2D eigenvalue weighted by Gasteiger charge is -1.95. The Hall–Kier alpha value is -2.57. The van der Waals surface area contributed by atoms with Gasteiger partial charge in [0.05, 0.1) is 0 Å². The van der Waals surface area contributed by atoms with E-state index in [0.717, 1.165) is 0 Å². The summed E-state index contributed by atoms with van der Waals surface area (Å²) in [6.07, 6.45) is 0. The van der Waals surface area contributed by atoms with Crippen LogP contribution in [0.5, 0.6) is 5.75 Å². The monoisotopic (exact) mass is 218 g/mol. The lowest BCUT2D eigenvalue weighted by atomic mass is 10.3. The third kappa shape index (κ3) is 1.78. The number of aromatic nitrogens is 2. The summed E-state index contributed by atoms with van der Waals surface area (Å²) in [6.45, 7) is 0. The van der Waals surface area contributed by atoms with Crippen LogP contribution in [0.25, 0.3) is 0 Å². The molecular formula is C9H10N6O. The first kappa shape index (κ1) is 9.97. The van der Waals surface area contributed by atoms with Crippen molar-refractivity contribution in [2.24, 2.45) is 10.2 Å². The second-order valence-corrected chi connectivity index (χ2v) is 3.06. The SMILES string of the molecule is Nc1n[nH]c(N)c1N=Nc1ccccc1O. The fourth-order valence-electron chi connectivity index (χ4n) is 1.12. The second kappa shape index (κ2) is 3.89. The number of benzene rings is 1. The smallest absolute Gasteiger partial charge is 0.175 e. The zero-order chi connectivity index (χ0) is 11.5. The van der Waals surface area contributed by atoms with Crippen LogP contribution < -0.4 is 11.5 Å². The lowest BCUT2D eigenvalue weighted by Crippen LogP contribution is -1.84. The van der Waals surface area contributed by atoms with Crippen molar-refractivity contribution in [2.75, 3.05) is 11.5 Å². The molecule has 0 fully saturated rings. The summed E-state index contributed by atoms with van der Waals surface area (Å²) < 4.78 is 0. The molecule has 0 bridgehead atoms. The zero-order valence-electron chi connectivity index (χ0n) is 8.25.